The van der Waals surface area contributed by atoms with E-state index in [4.69, 9.17) is 9.47 Å². The number of para-hydroxylation sites is 2. The number of guanidine groups is 1. The first-order chi connectivity index (χ1) is 11.8. The third kappa shape index (κ3) is 6.79. The van der Waals surface area contributed by atoms with Gasteiger partial charge < -0.3 is 24.7 Å². The summed E-state index contributed by atoms with van der Waals surface area (Å²) in [7, 11) is 5.46. The second kappa shape index (κ2) is 12.0. The number of aliphatic imine (C=N–C) groups is 1. The molecule has 140 valence electrons. The zero-order valence-corrected chi connectivity index (χ0v) is 17.4. The van der Waals surface area contributed by atoms with Crippen LogP contribution >= 0.6 is 24.0 Å². The molecule has 0 amide bonds. The first-order valence-electron chi connectivity index (χ1n) is 8.17. The maximum atomic E-state index is 5.43. The van der Waals surface area contributed by atoms with Crippen LogP contribution in [0.5, 0.6) is 0 Å². The summed E-state index contributed by atoms with van der Waals surface area (Å²) in [6, 6.07) is 8.12. The number of aromatic nitrogens is 2. The lowest BCUT2D eigenvalue weighted by atomic mass is 10.3. The summed E-state index contributed by atoms with van der Waals surface area (Å²) < 4.78 is 12.5. The summed E-state index contributed by atoms with van der Waals surface area (Å²) in [5.41, 5.74) is 2.14. The molecule has 7 nitrogen and oxygen atoms in total. The van der Waals surface area contributed by atoms with Crippen LogP contribution in [0.1, 0.15) is 12.2 Å². The first kappa shape index (κ1) is 21.7. The van der Waals surface area contributed by atoms with Gasteiger partial charge in [-0.1, -0.05) is 12.1 Å². The van der Waals surface area contributed by atoms with Crippen LogP contribution in [0.2, 0.25) is 0 Å². The lowest BCUT2D eigenvalue weighted by Crippen LogP contribution is -2.38. The minimum Gasteiger partial charge on any atom is -0.382 e. The predicted octanol–water partition coefficient (Wildman–Crippen LogP) is 1.91. The molecule has 0 unspecified atom stereocenters. The molecule has 2 rings (SSSR count). The molecule has 1 aromatic carbocycles. The van der Waals surface area contributed by atoms with E-state index in [1.54, 1.807) is 14.2 Å². The Morgan fingerprint density at radius 3 is 2.72 bits per heavy atom. The van der Waals surface area contributed by atoms with Crippen molar-refractivity contribution < 1.29 is 9.47 Å². The Labute approximate surface area is 166 Å². The maximum Gasteiger partial charge on any atom is 0.191 e. The van der Waals surface area contributed by atoms with Crippen LogP contribution in [0, 0.1) is 0 Å². The lowest BCUT2D eigenvalue weighted by molar-refractivity contribution is 0.0698. The molecule has 2 aromatic rings. The summed E-state index contributed by atoms with van der Waals surface area (Å²) in [6.45, 7) is 3.40. The maximum absolute atomic E-state index is 5.43. The van der Waals surface area contributed by atoms with Gasteiger partial charge in [0.25, 0.3) is 0 Å². The van der Waals surface area contributed by atoms with E-state index >= 15 is 0 Å². The summed E-state index contributed by atoms with van der Waals surface area (Å²) >= 11 is 0. The molecular formula is C17H28IN5O2. The predicted molar refractivity (Wildman–Crippen MR) is 112 cm³/mol. The van der Waals surface area contributed by atoms with E-state index in [2.05, 4.69) is 31.2 Å². The first-order valence-corrected chi connectivity index (χ1v) is 8.17. The average molecular weight is 461 g/mol. The zero-order chi connectivity index (χ0) is 17.2. The Bertz CT molecular complexity index is 660. The van der Waals surface area contributed by atoms with Crippen LogP contribution < -0.4 is 10.6 Å². The van der Waals surface area contributed by atoms with E-state index < -0.39 is 0 Å². The fourth-order valence-electron chi connectivity index (χ4n) is 2.36. The molecule has 2 N–H and O–H groups in total. The molecule has 1 aromatic heterocycles. The van der Waals surface area contributed by atoms with Crippen molar-refractivity contribution in [3.63, 3.8) is 0 Å². The molecule has 0 spiro atoms. The number of halogens is 1. The topological polar surface area (TPSA) is 72.7 Å². The summed E-state index contributed by atoms with van der Waals surface area (Å²) in [5, 5.41) is 6.57. The number of hydrogen-bond donors (Lipinski definition) is 2. The van der Waals surface area contributed by atoms with E-state index in [0.717, 1.165) is 35.8 Å². The molecule has 8 heteroatoms. The van der Waals surface area contributed by atoms with Crippen LogP contribution in [0.15, 0.2) is 29.3 Å². The van der Waals surface area contributed by atoms with Gasteiger partial charge in [0.2, 0.25) is 0 Å². The van der Waals surface area contributed by atoms with Crippen molar-refractivity contribution in [2.45, 2.75) is 13.0 Å². The highest BCUT2D eigenvalue weighted by atomic mass is 127. The molecule has 0 aliphatic heterocycles. The minimum atomic E-state index is 0. The number of imidazole rings is 1. The van der Waals surface area contributed by atoms with Crippen molar-refractivity contribution in [3.05, 3.63) is 30.1 Å². The lowest BCUT2D eigenvalue weighted by Gasteiger charge is -2.12. The quantitative estimate of drug-likeness (QED) is 0.259. The Morgan fingerprint density at radius 1 is 1.20 bits per heavy atom. The van der Waals surface area contributed by atoms with E-state index in [-0.39, 0.29) is 24.0 Å². The van der Waals surface area contributed by atoms with Crippen molar-refractivity contribution in [1.82, 2.24) is 20.2 Å². The van der Waals surface area contributed by atoms with Gasteiger partial charge in [0.1, 0.15) is 5.82 Å². The number of rotatable bonds is 9. The number of benzene rings is 1. The molecule has 0 radical (unpaired) electrons. The molecule has 0 fully saturated rings. The smallest absolute Gasteiger partial charge is 0.191 e. The molecule has 0 saturated heterocycles. The van der Waals surface area contributed by atoms with Gasteiger partial charge in [-0.05, 0) is 18.6 Å². The van der Waals surface area contributed by atoms with E-state index in [1.807, 2.05) is 25.2 Å². The Balaban J connectivity index is 0.00000312. The monoisotopic (exact) mass is 461 g/mol. The van der Waals surface area contributed by atoms with Crippen molar-refractivity contribution in [2.75, 3.05) is 40.5 Å². The second-order valence-electron chi connectivity index (χ2n) is 5.39. The number of fused-ring (bicyclic) bond motifs is 1. The van der Waals surface area contributed by atoms with E-state index in [9.17, 15) is 0 Å². The van der Waals surface area contributed by atoms with Crippen molar-refractivity contribution >= 4 is 41.0 Å². The van der Waals surface area contributed by atoms with Crippen molar-refractivity contribution in [3.8, 4) is 0 Å². The number of ether oxygens (including phenoxy) is 2. The zero-order valence-electron chi connectivity index (χ0n) is 15.1. The summed E-state index contributed by atoms with van der Waals surface area (Å²) in [5.74, 6) is 1.74. The van der Waals surface area contributed by atoms with Gasteiger partial charge in [-0.2, -0.15) is 0 Å². The number of hydrogen-bond acceptors (Lipinski definition) is 4. The average Bonchev–Trinajstić information content (AvgIpc) is 2.93. The number of aryl methyl sites for hydroxylation is 1. The van der Waals surface area contributed by atoms with Crippen LogP contribution in [0.4, 0.5) is 0 Å². The van der Waals surface area contributed by atoms with Crippen molar-refractivity contribution in [1.29, 1.82) is 0 Å². The van der Waals surface area contributed by atoms with Gasteiger partial charge in [0.05, 0.1) is 30.8 Å². The third-order valence-electron chi connectivity index (χ3n) is 3.71. The van der Waals surface area contributed by atoms with Crippen LogP contribution in [-0.2, 0) is 23.1 Å². The summed E-state index contributed by atoms with van der Waals surface area (Å²) in [6.07, 6.45) is 0.913. The van der Waals surface area contributed by atoms with Gasteiger partial charge in [-0.25, -0.2) is 4.98 Å². The summed E-state index contributed by atoms with van der Waals surface area (Å²) in [4.78, 5) is 8.87. The molecule has 0 saturated carbocycles. The third-order valence-corrected chi connectivity index (χ3v) is 3.71. The van der Waals surface area contributed by atoms with Gasteiger partial charge >= 0.3 is 0 Å². The van der Waals surface area contributed by atoms with Gasteiger partial charge in [-0.15, -0.1) is 24.0 Å². The molecule has 0 bridgehead atoms. The number of methoxy groups -OCH3 is 1. The standard InChI is InChI=1S/C17H27N5O2.HI/c1-18-17(19-9-6-10-24-12-11-23-3)20-13-16-21-14-7-4-5-8-15(14)22(16)2;/h4-5,7-8H,6,9-13H2,1-3H3,(H2,18,19,20);1H. The highest BCUT2D eigenvalue weighted by Gasteiger charge is 2.07. The van der Waals surface area contributed by atoms with Crippen LogP contribution in [-0.4, -0.2) is 56.0 Å². The van der Waals surface area contributed by atoms with Gasteiger partial charge in [0, 0.05) is 34.4 Å². The van der Waals surface area contributed by atoms with Crippen LogP contribution in [0.25, 0.3) is 11.0 Å². The minimum absolute atomic E-state index is 0. The largest absolute Gasteiger partial charge is 0.382 e. The molecule has 25 heavy (non-hydrogen) atoms. The molecule has 0 aliphatic rings. The molecule has 0 aliphatic carbocycles. The Hall–Kier alpha value is -1.39. The van der Waals surface area contributed by atoms with Crippen molar-refractivity contribution in [2.24, 2.45) is 12.0 Å². The number of nitrogens with one attached hydrogen (secondary N) is 2. The normalized spacial score (nSPS) is 11.4. The molecule has 1 heterocycles. The molecule has 0 atom stereocenters. The molecular weight excluding hydrogens is 433 g/mol. The highest BCUT2D eigenvalue weighted by molar-refractivity contribution is 14.0. The van der Waals surface area contributed by atoms with Gasteiger partial charge in [0.15, 0.2) is 5.96 Å². The second-order valence-corrected chi connectivity index (χ2v) is 5.39. The van der Waals surface area contributed by atoms with Crippen LogP contribution in [0.3, 0.4) is 0 Å². The number of nitrogens with zero attached hydrogens (tertiary/aromatic N) is 3. The fourth-order valence-corrected chi connectivity index (χ4v) is 2.36. The SMILES string of the molecule is CN=C(NCCCOCCOC)NCc1nc2ccccc2n1C.I. The Kier molecular flexibility index (Phi) is 10.4. The fraction of sp³-hybridized carbons (Fsp3) is 0.529. The highest BCUT2D eigenvalue weighted by Crippen LogP contribution is 2.13. The van der Waals surface area contributed by atoms with E-state index in [1.165, 1.54) is 0 Å². The van der Waals surface area contributed by atoms with E-state index in [0.29, 0.717) is 26.4 Å². The Morgan fingerprint density at radius 2 is 2.00 bits per heavy atom. The van der Waals surface area contributed by atoms with Gasteiger partial charge in [-0.3, -0.25) is 4.99 Å².